The monoisotopic (exact) mass is 631 g/mol. The number of halogens is 3. The summed E-state index contributed by atoms with van der Waals surface area (Å²) in [5.41, 5.74) is -0.529. The van der Waals surface area contributed by atoms with Crippen LogP contribution < -0.4 is 10.6 Å². The minimum absolute atomic E-state index is 0.0750. The third-order valence-electron chi connectivity index (χ3n) is 9.39. The number of aliphatic hydroxyl groups is 1. The number of nitrogens with zero attached hydrogens (tertiary/aromatic N) is 1. The molecule has 9 nitrogen and oxygen atoms in total. The average Bonchev–Trinajstić information content (AvgIpc) is 3.50. The number of rotatable bonds is 7. The molecule has 7 rings (SSSR count). The Morgan fingerprint density at radius 2 is 1.70 bits per heavy atom. The van der Waals surface area contributed by atoms with E-state index in [9.17, 15) is 32.3 Å². The van der Waals surface area contributed by atoms with Crippen LogP contribution >= 0.6 is 0 Å². The van der Waals surface area contributed by atoms with Gasteiger partial charge in [0, 0.05) is 42.3 Å². The van der Waals surface area contributed by atoms with Crippen LogP contribution in [0.25, 0.3) is 11.1 Å². The molecule has 0 aromatic heterocycles. The number of nitrogens with one attached hydrogen (secondary N) is 2. The van der Waals surface area contributed by atoms with E-state index in [0.717, 1.165) is 4.90 Å². The van der Waals surface area contributed by atoms with Crippen LogP contribution in [-0.4, -0.2) is 73.0 Å². The first kappa shape index (κ1) is 30.3. The zero-order valence-corrected chi connectivity index (χ0v) is 24.6. The van der Waals surface area contributed by atoms with Gasteiger partial charge in [-0.2, -0.15) is 4.39 Å². The SMILES string of the molecule is CS(=O)(=O)/C(F)=C/[C@@H](C[C@H]1CCNC1=O)NC(=O)[C@H]1[C@@H]2CC[C@@H](CC2(F)F)N1C(=O)C1(O)c2ccccc2-c2ccccc21. The number of carbonyl (C=O) groups is 3. The number of piperidine rings is 2. The summed E-state index contributed by atoms with van der Waals surface area (Å²) in [6, 6.07) is 9.27. The third-order valence-corrected chi connectivity index (χ3v) is 10.2. The van der Waals surface area contributed by atoms with Gasteiger partial charge in [0.05, 0.1) is 12.0 Å². The molecule has 234 valence electrons. The fraction of sp³-hybridized carbons (Fsp3) is 0.452. The molecule has 3 heterocycles. The molecule has 44 heavy (non-hydrogen) atoms. The van der Waals surface area contributed by atoms with Crippen LogP contribution in [0.5, 0.6) is 0 Å². The molecule has 0 spiro atoms. The maximum Gasteiger partial charge on any atom is 0.264 e. The van der Waals surface area contributed by atoms with Crippen molar-refractivity contribution in [2.24, 2.45) is 11.8 Å². The molecule has 2 aromatic rings. The Labute approximate surface area is 252 Å². The molecular formula is C31H32F3N3O6S. The van der Waals surface area contributed by atoms with E-state index >= 15 is 8.78 Å². The van der Waals surface area contributed by atoms with Crippen molar-refractivity contribution in [1.82, 2.24) is 15.5 Å². The van der Waals surface area contributed by atoms with Crippen molar-refractivity contribution >= 4 is 27.6 Å². The molecule has 0 unspecified atom stereocenters. The van der Waals surface area contributed by atoms with Gasteiger partial charge in [0.15, 0.2) is 5.60 Å². The van der Waals surface area contributed by atoms with Crippen molar-refractivity contribution in [2.45, 2.75) is 61.8 Å². The number of hydrogen-bond donors (Lipinski definition) is 3. The summed E-state index contributed by atoms with van der Waals surface area (Å²) >= 11 is 0. The molecule has 2 bridgehead atoms. The smallest absolute Gasteiger partial charge is 0.264 e. The van der Waals surface area contributed by atoms with E-state index in [1.807, 2.05) is 0 Å². The first-order valence-electron chi connectivity index (χ1n) is 14.5. The Morgan fingerprint density at radius 3 is 2.25 bits per heavy atom. The van der Waals surface area contributed by atoms with Gasteiger partial charge in [-0.25, -0.2) is 17.2 Å². The van der Waals surface area contributed by atoms with Crippen molar-refractivity contribution in [2.75, 3.05) is 12.8 Å². The summed E-state index contributed by atoms with van der Waals surface area (Å²) in [7, 11) is -4.31. The third kappa shape index (κ3) is 4.90. The van der Waals surface area contributed by atoms with E-state index in [2.05, 4.69) is 10.6 Å². The van der Waals surface area contributed by atoms with Gasteiger partial charge in [-0.15, -0.1) is 0 Å². The van der Waals surface area contributed by atoms with Crippen LogP contribution in [0.15, 0.2) is 59.8 Å². The highest BCUT2D eigenvalue weighted by atomic mass is 32.2. The summed E-state index contributed by atoms with van der Waals surface area (Å²) in [6.07, 6.45) is 0.872. The minimum atomic E-state index is -4.31. The Balaban J connectivity index is 1.39. The van der Waals surface area contributed by atoms with Gasteiger partial charge in [-0.3, -0.25) is 14.4 Å². The van der Waals surface area contributed by atoms with Crippen molar-refractivity contribution in [3.05, 3.63) is 70.9 Å². The summed E-state index contributed by atoms with van der Waals surface area (Å²) < 4.78 is 69.1. The normalized spacial score (nSPS) is 27.3. The summed E-state index contributed by atoms with van der Waals surface area (Å²) in [5, 5.41) is 15.8. The van der Waals surface area contributed by atoms with Crippen LogP contribution in [0.2, 0.25) is 0 Å². The van der Waals surface area contributed by atoms with E-state index in [0.29, 0.717) is 36.4 Å². The number of alkyl halides is 2. The van der Waals surface area contributed by atoms with Crippen molar-refractivity contribution in [3.63, 3.8) is 0 Å². The molecule has 3 amide bonds. The van der Waals surface area contributed by atoms with Crippen LogP contribution in [0.4, 0.5) is 13.2 Å². The van der Waals surface area contributed by atoms with Crippen LogP contribution in [0.3, 0.4) is 0 Å². The second-order valence-electron chi connectivity index (χ2n) is 12.1. The lowest BCUT2D eigenvalue weighted by molar-refractivity contribution is -0.201. The number of sulfone groups is 1. The van der Waals surface area contributed by atoms with Gasteiger partial charge in [-0.1, -0.05) is 48.5 Å². The highest BCUT2D eigenvalue weighted by Crippen LogP contribution is 2.53. The summed E-state index contributed by atoms with van der Waals surface area (Å²) in [4.78, 5) is 41.8. The number of carbonyl (C=O) groups excluding carboxylic acids is 3. The van der Waals surface area contributed by atoms with Crippen LogP contribution in [0, 0.1) is 11.8 Å². The van der Waals surface area contributed by atoms with Gasteiger partial charge in [-0.05, 0) is 42.9 Å². The van der Waals surface area contributed by atoms with Crippen molar-refractivity contribution < 1.29 is 41.1 Å². The molecule has 1 saturated carbocycles. The Bertz CT molecular complexity index is 1630. The predicted octanol–water partition coefficient (Wildman–Crippen LogP) is 2.78. The Hall–Kier alpha value is -3.71. The molecule has 5 aliphatic rings. The molecule has 5 atom stereocenters. The van der Waals surface area contributed by atoms with E-state index in [-0.39, 0.29) is 36.3 Å². The van der Waals surface area contributed by atoms with Crippen LogP contribution in [-0.2, 0) is 29.8 Å². The molecule has 3 N–H and O–H groups in total. The highest BCUT2D eigenvalue weighted by Gasteiger charge is 2.63. The number of benzene rings is 2. The first-order chi connectivity index (χ1) is 20.7. The molecule has 13 heteroatoms. The van der Waals surface area contributed by atoms with E-state index in [1.165, 1.54) is 0 Å². The van der Waals surface area contributed by atoms with Crippen molar-refractivity contribution in [3.8, 4) is 11.1 Å². The maximum atomic E-state index is 15.4. The standard InChI is InChI=1S/C31H32F3N3O6S/c1-44(42,43)25(32)15-18(14-17-12-13-35-27(17)38)36-28(39)26-24-11-10-19(16-30(24,33)34)37(26)29(40)31(41)22-8-4-2-6-20(22)21-7-3-5-9-23(21)31/h2-9,15,17-19,24,26,41H,10-14,16H2,1H3,(H,35,38)(H,36,39)/b25-15+/t17-,18-,19+,24+,26-/m1/s1. The van der Waals surface area contributed by atoms with Gasteiger partial charge >= 0.3 is 0 Å². The molecule has 4 fully saturated rings. The van der Waals surface area contributed by atoms with E-state index in [1.54, 1.807) is 48.5 Å². The number of amides is 3. The predicted molar refractivity (Wildman–Crippen MR) is 153 cm³/mol. The summed E-state index contributed by atoms with van der Waals surface area (Å²) in [6.45, 7) is 0.338. The molecule has 2 aromatic carbocycles. The fourth-order valence-electron chi connectivity index (χ4n) is 7.32. The second-order valence-corrected chi connectivity index (χ2v) is 14.1. The van der Waals surface area contributed by atoms with Gasteiger partial charge in [0.1, 0.15) is 6.04 Å². The fourth-order valence-corrected chi connectivity index (χ4v) is 7.73. The number of hydrogen-bond acceptors (Lipinski definition) is 6. The molecule has 3 aliphatic heterocycles. The lowest BCUT2D eigenvalue weighted by atomic mass is 9.70. The van der Waals surface area contributed by atoms with Gasteiger partial charge in [0.25, 0.3) is 11.8 Å². The quantitative estimate of drug-likeness (QED) is 0.431. The summed E-state index contributed by atoms with van der Waals surface area (Å²) in [5.74, 6) is -7.94. The number of fused-ring (bicyclic) bond motifs is 6. The highest BCUT2D eigenvalue weighted by molar-refractivity contribution is 7.94. The zero-order chi connectivity index (χ0) is 31.6. The largest absolute Gasteiger partial charge is 0.372 e. The van der Waals surface area contributed by atoms with E-state index < -0.39 is 74.7 Å². The topological polar surface area (TPSA) is 133 Å². The van der Waals surface area contributed by atoms with Gasteiger partial charge < -0.3 is 20.6 Å². The lowest BCUT2D eigenvalue weighted by Gasteiger charge is -2.55. The first-order valence-corrected chi connectivity index (χ1v) is 16.4. The average molecular weight is 632 g/mol. The Kier molecular flexibility index (Phi) is 7.39. The van der Waals surface area contributed by atoms with Crippen molar-refractivity contribution in [1.29, 1.82) is 0 Å². The van der Waals surface area contributed by atoms with Crippen LogP contribution in [0.1, 0.15) is 43.2 Å². The molecule has 2 aliphatic carbocycles. The van der Waals surface area contributed by atoms with E-state index in [4.69, 9.17) is 0 Å². The molecule has 0 radical (unpaired) electrons. The molecule has 3 saturated heterocycles. The van der Waals surface area contributed by atoms with Gasteiger partial charge in [0.2, 0.25) is 26.8 Å². The maximum absolute atomic E-state index is 15.4. The minimum Gasteiger partial charge on any atom is -0.372 e. The Morgan fingerprint density at radius 1 is 1.09 bits per heavy atom. The second kappa shape index (κ2) is 10.7. The lowest BCUT2D eigenvalue weighted by Crippen LogP contribution is -2.70. The molecular weight excluding hydrogens is 599 g/mol. The zero-order valence-electron chi connectivity index (χ0n) is 23.8.